The molecular formula is C27H30Cl2N6O2. The molecule has 1 aromatic heterocycles. The van der Waals surface area contributed by atoms with Gasteiger partial charge in [0, 0.05) is 65.8 Å². The van der Waals surface area contributed by atoms with Crippen molar-refractivity contribution in [3.8, 4) is 5.75 Å². The molecule has 1 fully saturated rings. The summed E-state index contributed by atoms with van der Waals surface area (Å²) in [5.41, 5.74) is 8.65. The first-order valence-electron chi connectivity index (χ1n) is 12.0. The van der Waals surface area contributed by atoms with Crippen molar-refractivity contribution in [1.29, 1.82) is 5.41 Å². The molecule has 3 aromatic rings. The molecule has 0 radical (unpaired) electrons. The van der Waals surface area contributed by atoms with E-state index in [0.29, 0.717) is 39.1 Å². The topological polar surface area (TPSA) is 116 Å². The maximum atomic E-state index is 12.9. The zero-order valence-corrected chi connectivity index (χ0v) is 22.4. The normalized spacial score (nSPS) is 18.2. The number of piperazine rings is 1. The molecule has 3 atom stereocenters. The van der Waals surface area contributed by atoms with Gasteiger partial charge in [-0.1, -0.05) is 23.2 Å². The Balaban J connectivity index is 1.44. The fraction of sp³-hybridized carbons (Fsp3) is 0.296. The Hall–Kier alpha value is -3.33. The van der Waals surface area contributed by atoms with Crippen LogP contribution in [-0.4, -0.2) is 41.8 Å². The van der Waals surface area contributed by atoms with E-state index in [0.717, 1.165) is 18.8 Å². The fourth-order valence-corrected chi connectivity index (χ4v) is 5.18. The van der Waals surface area contributed by atoms with Crippen molar-refractivity contribution in [1.82, 2.24) is 10.3 Å². The van der Waals surface area contributed by atoms with E-state index in [2.05, 4.69) is 34.4 Å². The van der Waals surface area contributed by atoms with Crippen molar-refractivity contribution in [3.05, 3.63) is 76.0 Å². The molecule has 8 nitrogen and oxygen atoms in total. The predicted molar refractivity (Wildman–Crippen MR) is 150 cm³/mol. The third-order valence-electron chi connectivity index (χ3n) is 6.18. The summed E-state index contributed by atoms with van der Waals surface area (Å²) in [4.78, 5) is 19.2. The van der Waals surface area contributed by atoms with Gasteiger partial charge in [0.2, 0.25) is 0 Å². The number of halogens is 2. The van der Waals surface area contributed by atoms with Crippen LogP contribution in [0.25, 0.3) is 0 Å². The number of nitrogen functional groups attached to an aromatic ring is 1. The lowest BCUT2D eigenvalue weighted by Crippen LogP contribution is -2.54. The lowest BCUT2D eigenvalue weighted by molar-refractivity contribution is -0.110. The van der Waals surface area contributed by atoms with Crippen LogP contribution < -0.4 is 26.0 Å². The maximum Gasteiger partial charge on any atom is 0.274 e. The number of benzene rings is 2. The van der Waals surface area contributed by atoms with E-state index in [-0.39, 0.29) is 17.0 Å². The largest absolute Gasteiger partial charge is 0.486 e. The molecule has 0 aliphatic carbocycles. The van der Waals surface area contributed by atoms with Crippen molar-refractivity contribution in [2.75, 3.05) is 29.0 Å². The number of pyridine rings is 1. The van der Waals surface area contributed by atoms with Crippen LogP contribution in [0, 0.1) is 5.41 Å². The van der Waals surface area contributed by atoms with Crippen LogP contribution in [0.5, 0.6) is 5.75 Å². The molecule has 0 saturated carbocycles. The van der Waals surface area contributed by atoms with Crippen LogP contribution in [-0.2, 0) is 4.79 Å². The second kappa shape index (κ2) is 11.4. The smallest absolute Gasteiger partial charge is 0.274 e. The first-order valence-corrected chi connectivity index (χ1v) is 12.7. The van der Waals surface area contributed by atoms with Crippen molar-refractivity contribution in [2.45, 2.75) is 39.0 Å². The van der Waals surface area contributed by atoms with E-state index >= 15 is 0 Å². The molecule has 2 aromatic carbocycles. The third-order valence-corrected chi connectivity index (χ3v) is 6.78. The summed E-state index contributed by atoms with van der Waals surface area (Å²) in [5, 5.41) is 15.5. The number of hydrogen-bond acceptors (Lipinski definition) is 7. The van der Waals surface area contributed by atoms with Gasteiger partial charge in [0.05, 0.1) is 10.0 Å². The second-order valence-corrected chi connectivity index (χ2v) is 10.1. The Kier molecular flexibility index (Phi) is 8.22. The zero-order valence-electron chi connectivity index (χ0n) is 20.9. The standard InChI is InChI=1S/C27H30Cl2N6O2/c1-15-13-35(14-16(2)33-15)19-6-4-18(5-7-19)34-27(36)26(31)21-10-20(8-9-24(21)30)37-17(3)25-22(28)11-32-12-23(25)29/h4-12,15-17,31,33H,13-14,30H2,1-3H3,(H,34,36). The average molecular weight is 541 g/mol. The van der Waals surface area contributed by atoms with Gasteiger partial charge in [-0.05, 0) is 63.2 Å². The summed E-state index contributed by atoms with van der Waals surface area (Å²) in [6.07, 6.45) is 2.49. The molecule has 1 aliphatic heterocycles. The summed E-state index contributed by atoms with van der Waals surface area (Å²) in [5.74, 6) is -0.156. The number of anilines is 3. The van der Waals surface area contributed by atoms with Gasteiger partial charge in [-0.15, -0.1) is 0 Å². The Morgan fingerprint density at radius 2 is 1.76 bits per heavy atom. The van der Waals surface area contributed by atoms with Crippen molar-refractivity contribution in [3.63, 3.8) is 0 Å². The van der Waals surface area contributed by atoms with Gasteiger partial charge < -0.3 is 26.0 Å². The summed E-state index contributed by atoms with van der Waals surface area (Å²) < 4.78 is 6.00. The summed E-state index contributed by atoms with van der Waals surface area (Å²) in [7, 11) is 0. The van der Waals surface area contributed by atoms with E-state index in [4.69, 9.17) is 39.1 Å². The third kappa shape index (κ3) is 6.33. The summed E-state index contributed by atoms with van der Waals surface area (Å²) >= 11 is 12.5. The molecule has 2 heterocycles. The fourth-order valence-electron chi connectivity index (χ4n) is 4.51. The molecule has 1 aliphatic rings. The van der Waals surface area contributed by atoms with Crippen LogP contribution >= 0.6 is 23.2 Å². The molecule has 10 heteroatoms. The second-order valence-electron chi connectivity index (χ2n) is 9.28. The molecular weight excluding hydrogens is 511 g/mol. The number of ether oxygens (including phenoxy) is 1. The van der Waals surface area contributed by atoms with Gasteiger partial charge >= 0.3 is 0 Å². The lowest BCUT2D eigenvalue weighted by Gasteiger charge is -2.37. The van der Waals surface area contributed by atoms with Gasteiger partial charge in [0.1, 0.15) is 17.6 Å². The predicted octanol–water partition coefficient (Wildman–Crippen LogP) is 5.30. The molecule has 1 amide bonds. The minimum atomic E-state index is -0.575. The molecule has 5 N–H and O–H groups in total. The minimum absolute atomic E-state index is 0.259. The van der Waals surface area contributed by atoms with Gasteiger partial charge in [-0.25, -0.2) is 0 Å². The van der Waals surface area contributed by atoms with E-state index in [1.165, 1.54) is 12.4 Å². The Bertz CT molecular complexity index is 1270. The number of aromatic nitrogens is 1. The van der Waals surface area contributed by atoms with Crippen LogP contribution in [0.15, 0.2) is 54.9 Å². The van der Waals surface area contributed by atoms with Crippen molar-refractivity contribution < 1.29 is 9.53 Å². The maximum absolute atomic E-state index is 12.9. The molecule has 3 unspecified atom stereocenters. The highest BCUT2D eigenvalue weighted by Gasteiger charge is 2.22. The number of rotatable bonds is 7. The SMILES string of the molecule is CC1CN(c2ccc(NC(=O)C(=N)c3cc(OC(C)c4c(Cl)cncc4Cl)ccc3N)cc2)CC(C)N1. The zero-order chi connectivity index (χ0) is 26.7. The summed E-state index contributed by atoms with van der Waals surface area (Å²) in [6.45, 7) is 7.96. The minimum Gasteiger partial charge on any atom is -0.486 e. The van der Waals surface area contributed by atoms with E-state index in [1.54, 1.807) is 25.1 Å². The number of nitrogens with two attached hydrogens (primary N) is 1. The Morgan fingerprint density at radius 1 is 1.14 bits per heavy atom. The van der Waals surface area contributed by atoms with Crippen LogP contribution in [0.1, 0.15) is 38.0 Å². The molecule has 194 valence electrons. The average Bonchev–Trinajstić information content (AvgIpc) is 2.84. The Morgan fingerprint density at radius 3 is 2.38 bits per heavy atom. The van der Waals surface area contributed by atoms with E-state index in [9.17, 15) is 4.79 Å². The molecule has 37 heavy (non-hydrogen) atoms. The monoisotopic (exact) mass is 540 g/mol. The highest BCUT2D eigenvalue weighted by atomic mass is 35.5. The van der Waals surface area contributed by atoms with Crippen molar-refractivity contribution >= 4 is 51.9 Å². The number of nitrogens with one attached hydrogen (secondary N) is 3. The van der Waals surface area contributed by atoms with Crippen molar-refractivity contribution in [2.24, 2.45) is 0 Å². The van der Waals surface area contributed by atoms with E-state index in [1.807, 2.05) is 24.3 Å². The van der Waals surface area contributed by atoms with Gasteiger partial charge in [-0.3, -0.25) is 15.2 Å². The first-order chi connectivity index (χ1) is 17.6. The Labute approximate surface area is 226 Å². The lowest BCUT2D eigenvalue weighted by atomic mass is 10.1. The first kappa shape index (κ1) is 26.7. The summed E-state index contributed by atoms with van der Waals surface area (Å²) in [6, 6.07) is 13.2. The van der Waals surface area contributed by atoms with Gasteiger partial charge in [0.15, 0.2) is 0 Å². The number of carbonyl (C=O) groups is 1. The van der Waals surface area contributed by atoms with Gasteiger partial charge in [0.25, 0.3) is 5.91 Å². The molecule has 0 spiro atoms. The van der Waals surface area contributed by atoms with Crippen LogP contribution in [0.4, 0.5) is 17.1 Å². The van der Waals surface area contributed by atoms with Crippen LogP contribution in [0.2, 0.25) is 10.0 Å². The number of nitrogens with zero attached hydrogens (tertiary/aromatic N) is 2. The highest BCUT2D eigenvalue weighted by molar-refractivity contribution is 6.48. The highest BCUT2D eigenvalue weighted by Crippen LogP contribution is 2.33. The molecule has 0 bridgehead atoms. The number of amides is 1. The van der Waals surface area contributed by atoms with Crippen LogP contribution in [0.3, 0.4) is 0 Å². The van der Waals surface area contributed by atoms with E-state index < -0.39 is 12.0 Å². The number of carbonyl (C=O) groups excluding carboxylic acids is 1. The van der Waals surface area contributed by atoms with Gasteiger partial charge in [-0.2, -0.15) is 0 Å². The molecule has 4 rings (SSSR count). The quantitative estimate of drug-likeness (QED) is 0.238. The number of hydrogen-bond donors (Lipinski definition) is 4. The molecule has 1 saturated heterocycles.